The first-order valence-corrected chi connectivity index (χ1v) is 8.99. The van der Waals surface area contributed by atoms with E-state index in [0.29, 0.717) is 32.2 Å². The van der Waals surface area contributed by atoms with Crippen LogP contribution in [-0.4, -0.2) is 35.8 Å². The van der Waals surface area contributed by atoms with Crippen LogP contribution >= 0.6 is 0 Å². The second-order valence-corrected chi connectivity index (χ2v) is 6.65. The number of carboxylic acid groups (broad SMARTS) is 1. The third-order valence-corrected chi connectivity index (χ3v) is 4.74. The highest BCUT2D eigenvalue weighted by molar-refractivity contribution is 5.74. The number of ether oxygens (including phenoxy) is 1. The summed E-state index contributed by atoms with van der Waals surface area (Å²) >= 11 is 0. The Morgan fingerprint density at radius 3 is 2.52 bits per heavy atom. The molecular formula is C19H28N2O4. The highest BCUT2D eigenvalue weighted by Gasteiger charge is 2.26. The van der Waals surface area contributed by atoms with Gasteiger partial charge in [0.2, 0.25) is 0 Å². The molecule has 0 radical (unpaired) electrons. The summed E-state index contributed by atoms with van der Waals surface area (Å²) in [6, 6.07) is 7.66. The van der Waals surface area contributed by atoms with Crippen molar-refractivity contribution in [3.8, 4) is 5.75 Å². The first-order chi connectivity index (χ1) is 12.0. The van der Waals surface area contributed by atoms with Gasteiger partial charge in [0.15, 0.2) is 0 Å². The number of aryl methyl sites for hydroxylation is 1. The van der Waals surface area contributed by atoms with E-state index in [9.17, 15) is 9.59 Å². The minimum atomic E-state index is -0.734. The smallest absolute Gasteiger partial charge is 0.315 e. The zero-order valence-electron chi connectivity index (χ0n) is 15.0. The number of nitrogens with one attached hydrogen (secondary N) is 2. The molecule has 0 saturated heterocycles. The number of rotatable bonds is 7. The van der Waals surface area contributed by atoms with E-state index in [-0.39, 0.29) is 24.1 Å². The summed E-state index contributed by atoms with van der Waals surface area (Å²) in [5, 5.41) is 14.8. The number of para-hydroxylation sites is 1. The van der Waals surface area contributed by atoms with E-state index in [4.69, 9.17) is 9.84 Å². The van der Waals surface area contributed by atoms with Crippen molar-refractivity contribution >= 4 is 12.0 Å². The van der Waals surface area contributed by atoms with Gasteiger partial charge in [-0.3, -0.25) is 4.79 Å². The fraction of sp³-hybridized carbons (Fsp3) is 0.579. The van der Waals surface area contributed by atoms with Gasteiger partial charge < -0.3 is 20.5 Å². The van der Waals surface area contributed by atoms with Gasteiger partial charge in [0, 0.05) is 6.04 Å². The van der Waals surface area contributed by atoms with Crippen LogP contribution in [0.4, 0.5) is 4.79 Å². The zero-order chi connectivity index (χ0) is 18.2. The molecule has 25 heavy (non-hydrogen) atoms. The minimum absolute atomic E-state index is 0.0490. The van der Waals surface area contributed by atoms with Crippen LogP contribution in [0.2, 0.25) is 0 Å². The number of aliphatic carboxylic acids is 1. The van der Waals surface area contributed by atoms with E-state index >= 15 is 0 Å². The number of urea groups is 1. The number of hydrogen-bond donors (Lipinski definition) is 3. The van der Waals surface area contributed by atoms with Crippen molar-refractivity contribution in [2.24, 2.45) is 5.92 Å². The summed E-state index contributed by atoms with van der Waals surface area (Å²) in [7, 11) is 0. The van der Waals surface area contributed by atoms with Gasteiger partial charge in [0.05, 0.1) is 12.5 Å². The normalized spacial score (nSPS) is 21.2. The Kier molecular flexibility index (Phi) is 7.10. The molecule has 0 aromatic heterocycles. The molecule has 2 rings (SSSR count). The molecule has 0 aliphatic heterocycles. The van der Waals surface area contributed by atoms with Crippen LogP contribution in [0.15, 0.2) is 24.3 Å². The second kappa shape index (κ2) is 9.30. The summed E-state index contributed by atoms with van der Waals surface area (Å²) < 4.78 is 5.97. The van der Waals surface area contributed by atoms with Crippen LogP contribution in [0.1, 0.15) is 44.6 Å². The Hall–Kier alpha value is -2.24. The van der Waals surface area contributed by atoms with Gasteiger partial charge in [-0.15, -0.1) is 0 Å². The van der Waals surface area contributed by atoms with Gasteiger partial charge >= 0.3 is 12.0 Å². The number of carboxylic acids is 1. The fourth-order valence-electron chi connectivity index (χ4n) is 3.07. The highest BCUT2D eigenvalue weighted by atomic mass is 16.5. The minimum Gasteiger partial charge on any atom is -0.488 e. The Balaban J connectivity index is 1.73. The maximum Gasteiger partial charge on any atom is 0.315 e. The Bertz CT molecular complexity index is 583. The molecule has 138 valence electrons. The van der Waals surface area contributed by atoms with Gasteiger partial charge in [-0.2, -0.15) is 0 Å². The van der Waals surface area contributed by atoms with E-state index in [1.54, 1.807) is 0 Å². The van der Waals surface area contributed by atoms with Gasteiger partial charge in [-0.1, -0.05) is 25.1 Å². The lowest BCUT2D eigenvalue weighted by molar-refractivity contribution is -0.142. The van der Waals surface area contributed by atoms with E-state index in [2.05, 4.69) is 10.6 Å². The van der Waals surface area contributed by atoms with E-state index < -0.39 is 5.97 Å². The lowest BCUT2D eigenvalue weighted by Crippen LogP contribution is -2.46. The maximum atomic E-state index is 12.1. The number of carbonyl (C=O) groups is 2. The molecule has 1 aromatic carbocycles. The van der Waals surface area contributed by atoms with Crippen LogP contribution in [0, 0.1) is 12.8 Å². The first kappa shape index (κ1) is 19.1. The van der Waals surface area contributed by atoms with Crippen molar-refractivity contribution in [2.45, 2.75) is 58.1 Å². The predicted octanol–water partition coefficient (Wildman–Crippen LogP) is 3.10. The van der Waals surface area contributed by atoms with Crippen molar-refractivity contribution in [2.75, 3.05) is 6.54 Å². The van der Waals surface area contributed by atoms with Crippen molar-refractivity contribution in [3.63, 3.8) is 0 Å². The third kappa shape index (κ3) is 5.96. The standard InChI is InChI=1S/C19H28N2O4/c1-3-16(25-17-7-5-4-6-13(17)2)12-20-19(24)21-15-10-8-14(9-11-15)18(22)23/h4-7,14-16H,3,8-12H2,1-2H3,(H,22,23)(H2,20,21,24). The zero-order valence-corrected chi connectivity index (χ0v) is 15.0. The summed E-state index contributed by atoms with van der Waals surface area (Å²) in [5.74, 6) is -0.168. The average molecular weight is 348 g/mol. The van der Waals surface area contributed by atoms with E-state index in [0.717, 1.165) is 17.7 Å². The monoisotopic (exact) mass is 348 g/mol. The van der Waals surface area contributed by atoms with Crippen molar-refractivity contribution in [3.05, 3.63) is 29.8 Å². The van der Waals surface area contributed by atoms with Gasteiger partial charge in [-0.05, 0) is 50.7 Å². The molecule has 0 spiro atoms. The molecule has 1 aliphatic rings. The molecule has 1 saturated carbocycles. The van der Waals surface area contributed by atoms with Crippen molar-refractivity contribution in [1.82, 2.24) is 10.6 Å². The first-order valence-electron chi connectivity index (χ1n) is 8.99. The number of benzene rings is 1. The van der Waals surface area contributed by atoms with Crippen LogP contribution in [0.3, 0.4) is 0 Å². The molecular weight excluding hydrogens is 320 g/mol. The molecule has 2 amide bonds. The summed E-state index contributed by atoms with van der Waals surface area (Å²) in [6.45, 7) is 4.45. The molecule has 1 unspecified atom stereocenters. The summed E-state index contributed by atoms with van der Waals surface area (Å²) in [4.78, 5) is 23.0. The quantitative estimate of drug-likeness (QED) is 0.706. The van der Waals surface area contributed by atoms with Gasteiger partial charge in [0.25, 0.3) is 0 Å². The second-order valence-electron chi connectivity index (χ2n) is 6.65. The molecule has 1 fully saturated rings. The largest absolute Gasteiger partial charge is 0.488 e. The Labute approximate surface area is 149 Å². The number of amides is 2. The molecule has 3 N–H and O–H groups in total. The van der Waals surface area contributed by atoms with Gasteiger partial charge in [0.1, 0.15) is 11.9 Å². The highest BCUT2D eigenvalue weighted by Crippen LogP contribution is 2.24. The molecule has 1 atom stereocenters. The molecule has 1 aromatic rings. The molecule has 1 aliphatic carbocycles. The van der Waals surface area contributed by atoms with Crippen molar-refractivity contribution in [1.29, 1.82) is 0 Å². The van der Waals surface area contributed by atoms with E-state index in [1.165, 1.54) is 0 Å². The Morgan fingerprint density at radius 1 is 1.24 bits per heavy atom. The molecule has 0 bridgehead atoms. The molecule has 6 nitrogen and oxygen atoms in total. The fourth-order valence-corrected chi connectivity index (χ4v) is 3.07. The van der Waals surface area contributed by atoms with Crippen LogP contribution in [-0.2, 0) is 4.79 Å². The summed E-state index contributed by atoms with van der Waals surface area (Å²) in [6.07, 6.45) is 3.36. The van der Waals surface area contributed by atoms with Gasteiger partial charge in [-0.25, -0.2) is 4.79 Å². The lowest BCUT2D eigenvalue weighted by Gasteiger charge is -2.27. The van der Waals surface area contributed by atoms with E-state index in [1.807, 2.05) is 38.1 Å². The average Bonchev–Trinajstić information content (AvgIpc) is 2.60. The third-order valence-electron chi connectivity index (χ3n) is 4.74. The molecule has 0 heterocycles. The predicted molar refractivity (Wildman–Crippen MR) is 95.8 cm³/mol. The Morgan fingerprint density at radius 2 is 1.92 bits per heavy atom. The number of carbonyl (C=O) groups excluding carboxylic acids is 1. The van der Waals surface area contributed by atoms with Crippen LogP contribution in [0.5, 0.6) is 5.75 Å². The topological polar surface area (TPSA) is 87.7 Å². The lowest BCUT2D eigenvalue weighted by atomic mass is 9.86. The van der Waals surface area contributed by atoms with Crippen molar-refractivity contribution < 1.29 is 19.4 Å². The van der Waals surface area contributed by atoms with Crippen LogP contribution in [0.25, 0.3) is 0 Å². The summed E-state index contributed by atoms with van der Waals surface area (Å²) in [5.41, 5.74) is 1.07. The molecule has 6 heteroatoms. The maximum absolute atomic E-state index is 12.1. The van der Waals surface area contributed by atoms with Crippen LogP contribution < -0.4 is 15.4 Å². The number of hydrogen-bond acceptors (Lipinski definition) is 3. The SMILES string of the molecule is CCC(CNC(=O)NC1CCC(C(=O)O)CC1)Oc1ccccc1C.